The molecule has 0 aliphatic rings. The van der Waals surface area contributed by atoms with Crippen molar-refractivity contribution < 1.29 is 14.3 Å². The zero-order valence-corrected chi connectivity index (χ0v) is 14.0. The number of amides is 1. The van der Waals surface area contributed by atoms with Crippen molar-refractivity contribution in [3.8, 4) is 0 Å². The summed E-state index contributed by atoms with van der Waals surface area (Å²) in [4.78, 5) is 12.2. The van der Waals surface area contributed by atoms with Crippen LogP contribution in [0.25, 0.3) is 0 Å². The molecule has 0 saturated heterocycles. The van der Waals surface area contributed by atoms with E-state index in [1.807, 2.05) is 38.1 Å². The summed E-state index contributed by atoms with van der Waals surface area (Å²) in [6.45, 7) is 3.69. The van der Waals surface area contributed by atoms with Gasteiger partial charge in [0.1, 0.15) is 5.82 Å². The molecule has 0 spiro atoms. The zero-order chi connectivity index (χ0) is 16.8. The molecule has 1 amide bonds. The predicted molar refractivity (Wildman–Crippen MR) is 92.9 cm³/mol. The summed E-state index contributed by atoms with van der Waals surface area (Å²) >= 11 is 1.51. The molecular formula is C18H20FNO2S. The molecule has 0 aromatic heterocycles. The quantitative estimate of drug-likeness (QED) is 0.843. The number of benzene rings is 2. The summed E-state index contributed by atoms with van der Waals surface area (Å²) in [6, 6.07) is 12.0. The first-order valence-electron chi connectivity index (χ1n) is 7.37. The third kappa shape index (κ3) is 5.08. The standard InChI is InChI=1S/C18H20FNO2S/c1-12-3-8-16(19)9-17(12)20-18(22)13(2)23-11-15-6-4-14(10-21)5-7-15/h3-9,13,21H,10-11H2,1-2H3,(H,20,22). The van der Waals surface area contributed by atoms with E-state index in [0.717, 1.165) is 16.7 Å². The Hall–Kier alpha value is -1.85. The molecule has 0 aliphatic heterocycles. The summed E-state index contributed by atoms with van der Waals surface area (Å²) in [5.41, 5.74) is 3.30. The number of anilines is 1. The lowest BCUT2D eigenvalue weighted by Crippen LogP contribution is -2.23. The molecule has 2 aromatic rings. The number of aryl methyl sites for hydroxylation is 1. The van der Waals surface area contributed by atoms with E-state index < -0.39 is 0 Å². The number of thioether (sulfide) groups is 1. The average Bonchev–Trinajstić information content (AvgIpc) is 2.56. The van der Waals surface area contributed by atoms with E-state index in [4.69, 9.17) is 5.11 Å². The number of aliphatic hydroxyl groups excluding tert-OH is 1. The Bertz CT molecular complexity index is 673. The van der Waals surface area contributed by atoms with Gasteiger partial charge in [-0.05, 0) is 42.7 Å². The van der Waals surface area contributed by atoms with E-state index in [1.54, 1.807) is 6.07 Å². The number of hydrogen-bond donors (Lipinski definition) is 2. The SMILES string of the molecule is Cc1ccc(F)cc1NC(=O)C(C)SCc1ccc(CO)cc1. The van der Waals surface area contributed by atoms with Gasteiger partial charge in [0.15, 0.2) is 0 Å². The van der Waals surface area contributed by atoms with Gasteiger partial charge >= 0.3 is 0 Å². The number of nitrogens with one attached hydrogen (secondary N) is 1. The summed E-state index contributed by atoms with van der Waals surface area (Å²) in [5.74, 6) is 0.188. The molecule has 23 heavy (non-hydrogen) atoms. The van der Waals surface area contributed by atoms with Crippen LogP contribution in [0.3, 0.4) is 0 Å². The van der Waals surface area contributed by atoms with Gasteiger partial charge in [0.05, 0.1) is 11.9 Å². The number of carbonyl (C=O) groups excluding carboxylic acids is 1. The molecule has 0 radical (unpaired) electrons. The second-order valence-electron chi connectivity index (χ2n) is 5.38. The molecule has 122 valence electrons. The lowest BCUT2D eigenvalue weighted by Gasteiger charge is -2.14. The van der Waals surface area contributed by atoms with Crippen molar-refractivity contribution in [2.24, 2.45) is 0 Å². The van der Waals surface area contributed by atoms with Gasteiger partial charge in [-0.1, -0.05) is 30.3 Å². The molecule has 0 saturated carbocycles. The number of halogens is 1. The minimum Gasteiger partial charge on any atom is -0.392 e. The van der Waals surface area contributed by atoms with E-state index in [-0.39, 0.29) is 23.6 Å². The predicted octanol–water partition coefficient (Wildman–Crippen LogP) is 3.89. The van der Waals surface area contributed by atoms with E-state index in [9.17, 15) is 9.18 Å². The second kappa shape index (κ2) is 8.13. The lowest BCUT2D eigenvalue weighted by molar-refractivity contribution is -0.115. The topological polar surface area (TPSA) is 49.3 Å². The fourth-order valence-corrected chi connectivity index (χ4v) is 2.85. The van der Waals surface area contributed by atoms with Crippen molar-refractivity contribution in [1.29, 1.82) is 0 Å². The summed E-state index contributed by atoms with van der Waals surface area (Å²) in [7, 11) is 0. The van der Waals surface area contributed by atoms with Crippen LogP contribution in [0.5, 0.6) is 0 Å². The van der Waals surface area contributed by atoms with Crippen LogP contribution in [0, 0.1) is 12.7 Å². The average molecular weight is 333 g/mol. The van der Waals surface area contributed by atoms with Crippen molar-refractivity contribution in [3.05, 3.63) is 65.0 Å². The van der Waals surface area contributed by atoms with Crippen molar-refractivity contribution in [1.82, 2.24) is 0 Å². The molecule has 1 unspecified atom stereocenters. The molecular weight excluding hydrogens is 313 g/mol. The number of hydrogen-bond acceptors (Lipinski definition) is 3. The van der Waals surface area contributed by atoms with Crippen molar-refractivity contribution >= 4 is 23.4 Å². The molecule has 0 bridgehead atoms. The highest BCUT2D eigenvalue weighted by atomic mass is 32.2. The summed E-state index contributed by atoms with van der Waals surface area (Å²) < 4.78 is 13.3. The van der Waals surface area contributed by atoms with Gasteiger partial charge in [0.2, 0.25) is 5.91 Å². The Morgan fingerprint density at radius 2 is 1.87 bits per heavy atom. The van der Waals surface area contributed by atoms with Gasteiger partial charge in [-0.25, -0.2) is 4.39 Å². The van der Waals surface area contributed by atoms with E-state index in [1.165, 1.54) is 23.9 Å². The van der Waals surface area contributed by atoms with Crippen molar-refractivity contribution in [2.45, 2.75) is 31.5 Å². The van der Waals surface area contributed by atoms with Crippen molar-refractivity contribution in [2.75, 3.05) is 5.32 Å². The molecule has 2 rings (SSSR count). The first-order chi connectivity index (χ1) is 11.0. The highest BCUT2D eigenvalue weighted by Gasteiger charge is 2.15. The number of carbonyl (C=O) groups is 1. The van der Waals surface area contributed by atoms with E-state index >= 15 is 0 Å². The fourth-order valence-electron chi connectivity index (χ4n) is 2.00. The highest BCUT2D eigenvalue weighted by Crippen LogP contribution is 2.21. The maximum absolute atomic E-state index is 13.3. The van der Waals surface area contributed by atoms with Crippen LogP contribution in [0.4, 0.5) is 10.1 Å². The van der Waals surface area contributed by atoms with Gasteiger partial charge in [0.25, 0.3) is 0 Å². The highest BCUT2D eigenvalue weighted by molar-refractivity contribution is 7.99. The van der Waals surface area contributed by atoms with Gasteiger partial charge < -0.3 is 10.4 Å². The molecule has 1 atom stereocenters. The van der Waals surface area contributed by atoms with Crippen LogP contribution in [0.2, 0.25) is 0 Å². The zero-order valence-electron chi connectivity index (χ0n) is 13.2. The Balaban J connectivity index is 1.90. The smallest absolute Gasteiger partial charge is 0.237 e. The van der Waals surface area contributed by atoms with E-state index in [2.05, 4.69) is 5.32 Å². The Kier molecular flexibility index (Phi) is 6.19. The summed E-state index contributed by atoms with van der Waals surface area (Å²) in [5, 5.41) is 11.5. The van der Waals surface area contributed by atoms with Crippen LogP contribution in [-0.2, 0) is 17.2 Å². The molecule has 0 heterocycles. The molecule has 0 fully saturated rings. The molecule has 0 aliphatic carbocycles. The minimum atomic E-state index is -0.366. The van der Waals surface area contributed by atoms with Crippen molar-refractivity contribution in [3.63, 3.8) is 0 Å². The first kappa shape index (κ1) is 17.5. The van der Waals surface area contributed by atoms with Crippen LogP contribution in [0.15, 0.2) is 42.5 Å². The molecule has 2 aromatic carbocycles. The monoisotopic (exact) mass is 333 g/mol. The second-order valence-corrected chi connectivity index (χ2v) is 6.71. The van der Waals surface area contributed by atoms with Gasteiger partial charge in [-0.2, -0.15) is 0 Å². The van der Waals surface area contributed by atoms with Crippen LogP contribution < -0.4 is 5.32 Å². The lowest BCUT2D eigenvalue weighted by atomic mass is 10.2. The van der Waals surface area contributed by atoms with Gasteiger partial charge in [-0.3, -0.25) is 4.79 Å². The first-order valence-corrected chi connectivity index (χ1v) is 8.41. The molecule has 5 heteroatoms. The Morgan fingerprint density at radius 1 is 1.22 bits per heavy atom. The molecule has 3 nitrogen and oxygen atoms in total. The Labute approximate surface area is 139 Å². The minimum absolute atomic E-state index is 0.0270. The van der Waals surface area contributed by atoms with Gasteiger partial charge in [0, 0.05) is 11.4 Å². The van der Waals surface area contributed by atoms with Crippen LogP contribution in [0.1, 0.15) is 23.6 Å². The van der Waals surface area contributed by atoms with Crippen LogP contribution >= 0.6 is 11.8 Å². The van der Waals surface area contributed by atoms with Crippen LogP contribution in [-0.4, -0.2) is 16.3 Å². The normalized spacial score (nSPS) is 12.0. The third-order valence-electron chi connectivity index (χ3n) is 3.53. The molecule has 2 N–H and O–H groups in total. The maximum atomic E-state index is 13.3. The maximum Gasteiger partial charge on any atom is 0.237 e. The van der Waals surface area contributed by atoms with Gasteiger partial charge in [-0.15, -0.1) is 11.8 Å². The Morgan fingerprint density at radius 3 is 2.52 bits per heavy atom. The third-order valence-corrected chi connectivity index (χ3v) is 4.75. The number of aliphatic hydroxyl groups is 1. The largest absolute Gasteiger partial charge is 0.392 e. The number of rotatable bonds is 6. The fraction of sp³-hybridized carbons (Fsp3) is 0.278. The summed E-state index contributed by atoms with van der Waals surface area (Å²) in [6.07, 6.45) is 0. The van der Waals surface area contributed by atoms with E-state index in [0.29, 0.717) is 11.4 Å².